The molecule has 2 heteroatoms. The molecule has 0 aliphatic rings. The van der Waals surface area contributed by atoms with Crippen LogP contribution < -0.4 is 0 Å². The molecule has 2 nitrogen and oxygen atoms in total. The van der Waals surface area contributed by atoms with Crippen LogP contribution in [0.25, 0.3) is 0 Å². The maximum atomic E-state index is 10.2. The van der Waals surface area contributed by atoms with E-state index in [0.717, 1.165) is 25.7 Å². The van der Waals surface area contributed by atoms with E-state index in [1.807, 2.05) is 0 Å². The Morgan fingerprint density at radius 1 is 1.08 bits per heavy atom. The van der Waals surface area contributed by atoms with Crippen LogP contribution in [0.5, 0.6) is 0 Å². The maximum Gasteiger partial charge on any atom is 0.0822 e. The molecule has 79 valence electrons. The van der Waals surface area contributed by atoms with Crippen molar-refractivity contribution in [2.24, 2.45) is 0 Å². The van der Waals surface area contributed by atoms with Gasteiger partial charge in [0.2, 0.25) is 0 Å². The number of hydrogen-bond acceptors (Lipinski definition) is 1. The molecule has 0 aromatic carbocycles. The van der Waals surface area contributed by atoms with Gasteiger partial charge in [-0.25, -0.2) is 5.11 Å². The van der Waals surface area contributed by atoms with Crippen LogP contribution in [0.4, 0.5) is 0 Å². The first-order chi connectivity index (χ1) is 6.35. The summed E-state index contributed by atoms with van der Waals surface area (Å²) < 4.78 is 5.34. The highest BCUT2D eigenvalue weighted by molar-refractivity contribution is 4.58. The Bertz CT molecular complexity index is 84.1. The standard InChI is InChI=1S/C11H23O2/c1-3-4-5-8-11(13-2)9-6-7-10-12/h11H,3-10H2,1-2H3. The van der Waals surface area contributed by atoms with Gasteiger partial charge in [-0.1, -0.05) is 26.2 Å². The van der Waals surface area contributed by atoms with Crippen LogP contribution in [0, 0.1) is 0 Å². The highest BCUT2D eigenvalue weighted by atomic mass is 16.5. The van der Waals surface area contributed by atoms with Gasteiger partial charge in [0.1, 0.15) is 0 Å². The van der Waals surface area contributed by atoms with E-state index in [4.69, 9.17) is 4.74 Å². The molecule has 0 fully saturated rings. The molecule has 0 N–H and O–H groups in total. The molecule has 0 bridgehead atoms. The number of ether oxygens (including phenoxy) is 1. The van der Waals surface area contributed by atoms with Crippen molar-refractivity contribution < 1.29 is 9.84 Å². The molecule has 0 saturated carbocycles. The molecule has 1 radical (unpaired) electrons. The summed E-state index contributed by atoms with van der Waals surface area (Å²) in [7, 11) is 1.77. The first-order valence-corrected chi connectivity index (χ1v) is 5.46. The molecule has 13 heavy (non-hydrogen) atoms. The van der Waals surface area contributed by atoms with Crippen molar-refractivity contribution in [3.8, 4) is 0 Å². The predicted molar refractivity (Wildman–Crippen MR) is 54.3 cm³/mol. The molecular weight excluding hydrogens is 164 g/mol. The van der Waals surface area contributed by atoms with Crippen LogP contribution in [0.15, 0.2) is 0 Å². The van der Waals surface area contributed by atoms with Crippen LogP contribution >= 0.6 is 0 Å². The van der Waals surface area contributed by atoms with Crippen LogP contribution in [0.2, 0.25) is 0 Å². The quantitative estimate of drug-likeness (QED) is 0.510. The van der Waals surface area contributed by atoms with Gasteiger partial charge in [0.15, 0.2) is 0 Å². The van der Waals surface area contributed by atoms with Crippen molar-refractivity contribution in [3.05, 3.63) is 0 Å². The Balaban J connectivity index is 3.28. The first-order valence-electron chi connectivity index (χ1n) is 5.46. The SMILES string of the molecule is CCCCCC(CCCC[O])OC. The van der Waals surface area contributed by atoms with Gasteiger partial charge in [-0.15, -0.1) is 0 Å². The van der Waals surface area contributed by atoms with Crippen LogP contribution in [0.1, 0.15) is 51.9 Å². The first kappa shape index (κ1) is 12.9. The van der Waals surface area contributed by atoms with Gasteiger partial charge in [-0.05, 0) is 25.7 Å². The zero-order chi connectivity index (χ0) is 9.94. The number of unbranched alkanes of at least 4 members (excludes halogenated alkanes) is 3. The van der Waals surface area contributed by atoms with Crippen molar-refractivity contribution in [1.82, 2.24) is 0 Å². The second-order valence-corrected chi connectivity index (χ2v) is 3.55. The lowest BCUT2D eigenvalue weighted by atomic mass is 10.1. The van der Waals surface area contributed by atoms with E-state index < -0.39 is 0 Å². The Kier molecular flexibility index (Phi) is 9.94. The predicted octanol–water partition coefficient (Wildman–Crippen LogP) is 3.18. The van der Waals surface area contributed by atoms with E-state index >= 15 is 0 Å². The minimum Gasteiger partial charge on any atom is -0.381 e. The van der Waals surface area contributed by atoms with Gasteiger partial charge in [0.05, 0.1) is 12.7 Å². The fourth-order valence-corrected chi connectivity index (χ4v) is 1.48. The minimum absolute atomic E-state index is 0.0609. The summed E-state index contributed by atoms with van der Waals surface area (Å²) in [6.45, 7) is 2.27. The van der Waals surface area contributed by atoms with E-state index in [0.29, 0.717) is 6.10 Å². The fourth-order valence-electron chi connectivity index (χ4n) is 1.48. The zero-order valence-corrected chi connectivity index (χ0v) is 9.05. The van der Waals surface area contributed by atoms with Gasteiger partial charge in [0.25, 0.3) is 0 Å². The minimum atomic E-state index is 0.0609. The molecule has 0 aliphatic carbocycles. The lowest BCUT2D eigenvalue weighted by molar-refractivity contribution is 0.0803. The second kappa shape index (κ2) is 10.0. The van der Waals surface area contributed by atoms with Gasteiger partial charge in [-0.2, -0.15) is 0 Å². The summed E-state index contributed by atoms with van der Waals surface area (Å²) in [4.78, 5) is 0. The molecule has 1 unspecified atom stereocenters. The molecule has 0 aromatic heterocycles. The third-order valence-corrected chi connectivity index (χ3v) is 2.38. The Morgan fingerprint density at radius 3 is 2.15 bits per heavy atom. The third kappa shape index (κ3) is 8.26. The third-order valence-electron chi connectivity index (χ3n) is 2.38. The highest BCUT2D eigenvalue weighted by Crippen LogP contribution is 2.12. The van der Waals surface area contributed by atoms with Crippen molar-refractivity contribution >= 4 is 0 Å². The van der Waals surface area contributed by atoms with Gasteiger partial charge in [0, 0.05) is 7.11 Å². The van der Waals surface area contributed by atoms with Crippen molar-refractivity contribution in [3.63, 3.8) is 0 Å². The van der Waals surface area contributed by atoms with Gasteiger partial charge < -0.3 is 4.74 Å². The van der Waals surface area contributed by atoms with Gasteiger partial charge in [-0.3, -0.25) is 0 Å². The van der Waals surface area contributed by atoms with E-state index in [1.165, 1.54) is 19.3 Å². The van der Waals surface area contributed by atoms with Crippen molar-refractivity contribution in [2.75, 3.05) is 13.7 Å². The monoisotopic (exact) mass is 187 g/mol. The van der Waals surface area contributed by atoms with Crippen LogP contribution in [0.3, 0.4) is 0 Å². The van der Waals surface area contributed by atoms with E-state index in [9.17, 15) is 5.11 Å². The second-order valence-electron chi connectivity index (χ2n) is 3.55. The highest BCUT2D eigenvalue weighted by Gasteiger charge is 2.05. The summed E-state index contributed by atoms with van der Waals surface area (Å²) in [5, 5.41) is 10.2. The smallest absolute Gasteiger partial charge is 0.0822 e. The Labute approximate surface area is 82.3 Å². The zero-order valence-electron chi connectivity index (χ0n) is 9.05. The number of hydrogen-bond donors (Lipinski definition) is 0. The molecule has 1 atom stereocenters. The molecule has 0 spiro atoms. The lowest BCUT2D eigenvalue weighted by Gasteiger charge is -2.14. The normalized spacial score (nSPS) is 13.2. The molecule has 0 heterocycles. The molecular formula is C11H23O2. The molecule has 0 rings (SSSR count). The number of rotatable bonds is 9. The van der Waals surface area contributed by atoms with Gasteiger partial charge >= 0.3 is 0 Å². The molecule has 0 aliphatic heterocycles. The summed E-state index contributed by atoms with van der Waals surface area (Å²) in [6.07, 6.45) is 8.23. The van der Waals surface area contributed by atoms with Crippen molar-refractivity contribution in [1.29, 1.82) is 0 Å². The average Bonchev–Trinajstić information content (AvgIpc) is 2.16. The average molecular weight is 187 g/mol. The Hall–Kier alpha value is -0.0800. The topological polar surface area (TPSA) is 29.1 Å². The van der Waals surface area contributed by atoms with E-state index in [-0.39, 0.29) is 6.61 Å². The number of methoxy groups -OCH3 is 1. The summed E-state index contributed by atoms with van der Waals surface area (Å²) in [5.41, 5.74) is 0. The summed E-state index contributed by atoms with van der Waals surface area (Å²) in [5.74, 6) is 0. The lowest BCUT2D eigenvalue weighted by Crippen LogP contribution is -2.10. The maximum absolute atomic E-state index is 10.2. The fraction of sp³-hybridized carbons (Fsp3) is 1.00. The summed E-state index contributed by atoms with van der Waals surface area (Å²) in [6, 6.07) is 0. The van der Waals surface area contributed by atoms with E-state index in [1.54, 1.807) is 7.11 Å². The molecule has 0 saturated heterocycles. The van der Waals surface area contributed by atoms with E-state index in [2.05, 4.69) is 6.92 Å². The van der Waals surface area contributed by atoms with Crippen LogP contribution in [-0.4, -0.2) is 19.8 Å². The Morgan fingerprint density at radius 2 is 1.69 bits per heavy atom. The van der Waals surface area contributed by atoms with Crippen molar-refractivity contribution in [2.45, 2.75) is 58.0 Å². The molecule has 0 amide bonds. The van der Waals surface area contributed by atoms with Crippen LogP contribution in [-0.2, 0) is 9.84 Å². The summed E-state index contributed by atoms with van der Waals surface area (Å²) >= 11 is 0. The largest absolute Gasteiger partial charge is 0.381 e. The molecule has 0 aromatic rings.